The van der Waals surface area contributed by atoms with Gasteiger partial charge in [0, 0.05) is 15.2 Å². The Morgan fingerprint density at radius 2 is 1.95 bits per heavy atom. The largest absolute Gasteiger partial charge is 0.349 e. The van der Waals surface area contributed by atoms with Crippen molar-refractivity contribution in [3.05, 3.63) is 69.0 Å². The van der Waals surface area contributed by atoms with Crippen molar-refractivity contribution in [2.45, 2.75) is 19.4 Å². The summed E-state index contributed by atoms with van der Waals surface area (Å²) in [7, 11) is 0. The molecule has 4 heteroatoms. The molecule has 0 bridgehead atoms. The van der Waals surface area contributed by atoms with Crippen molar-refractivity contribution >= 4 is 28.5 Å². The van der Waals surface area contributed by atoms with Gasteiger partial charge in [-0.2, -0.15) is 0 Å². The number of carbonyl (C=O) groups excluding carboxylic acids is 1. The standard InChI is InChI=1S/C16H15FINO/c1-11(9-12-5-7-14(17)8-6-12)19-16(20)13-3-2-4-15(18)10-13/h2-8,10-11H,9H2,1H3,(H,19,20). The number of carbonyl (C=O) groups is 1. The van der Waals surface area contributed by atoms with Crippen molar-refractivity contribution < 1.29 is 9.18 Å². The van der Waals surface area contributed by atoms with Gasteiger partial charge in [0.05, 0.1) is 0 Å². The van der Waals surface area contributed by atoms with E-state index in [1.807, 2.05) is 25.1 Å². The second-order valence-corrected chi connectivity index (χ2v) is 5.96. The first-order valence-corrected chi connectivity index (χ1v) is 7.43. The number of rotatable bonds is 4. The third kappa shape index (κ3) is 4.30. The van der Waals surface area contributed by atoms with Crippen LogP contribution in [0.2, 0.25) is 0 Å². The summed E-state index contributed by atoms with van der Waals surface area (Å²) in [6, 6.07) is 13.8. The van der Waals surface area contributed by atoms with Crippen LogP contribution in [0.5, 0.6) is 0 Å². The first kappa shape index (κ1) is 15.0. The fourth-order valence-electron chi connectivity index (χ4n) is 1.96. The third-order valence-corrected chi connectivity index (χ3v) is 3.59. The van der Waals surface area contributed by atoms with Crippen molar-refractivity contribution in [1.82, 2.24) is 5.32 Å². The van der Waals surface area contributed by atoms with E-state index in [9.17, 15) is 9.18 Å². The summed E-state index contributed by atoms with van der Waals surface area (Å²) < 4.78 is 13.9. The molecule has 0 radical (unpaired) electrons. The topological polar surface area (TPSA) is 29.1 Å². The molecule has 20 heavy (non-hydrogen) atoms. The Hall–Kier alpha value is -1.43. The number of nitrogens with one attached hydrogen (secondary N) is 1. The van der Waals surface area contributed by atoms with E-state index in [-0.39, 0.29) is 17.8 Å². The SMILES string of the molecule is CC(Cc1ccc(F)cc1)NC(=O)c1cccc(I)c1. The summed E-state index contributed by atoms with van der Waals surface area (Å²) in [5.74, 6) is -0.331. The molecule has 0 aliphatic heterocycles. The molecule has 0 saturated carbocycles. The summed E-state index contributed by atoms with van der Waals surface area (Å²) in [5, 5.41) is 2.95. The fourth-order valence-corrected chi connectivity index (χ4v) is 2.51. The average molecular weight is 383 g/mol. The molecule has 0 aliphatic rings. The Morgan fingerprint density at radius 3 is 2.60 bits per heavy atom. The highest BCUT2D eigenvalue weighted by Gasteiger charge is 2.10. The van der Waals surface area contributed by atoms with Crippen LogP contribution in [-0.4, -0.2) is 11.9 Å². The highest BCUT2D eigenvalue weighted by atomic mass is 127. The van der Waals surface area contributed by atoms with Crippen LogP contribution in [0, 0.1) is 9.39 Å². The minimum absolute atomic E-state index is 0.00849. The monoisotopic (exact) mass is 383 g/mol. The van der Waals surface area contributed by atoms with E-state index < -0.39 is 0 Å². The van der Waals surface area contributed by atoms with Crippen molar-refractivity contribution in [2.75, 3.05) is 0 Å². The van der Waals surface area contributed by atoms with Gasteiger partial charge in [-0.25, -0.2) is 4.39 Å². The van der Waals surface area contributed by atoms with E-state index in [2.05, 4.69) is 27.9 Å². The minimum Gasteiger partial charge on any atom is -0.349 e. The summed E-state index contributed by atoms with van der Waals surface area (Å²) >= 11 is 2.18. The third-order valence-electron chi connectivity index (χ3n) is 2.92. The Labute approximate surface area is 131 Å². The van der Waals surface area contributed by atoms with Crippen LogP contribution in [0.15, 0.2) is 48.5 Å². The maximum atomic E-state index is 12.8. The number of amides is 1. The van der Waals surface area contributed by atoms with Gasteiger partial charge < -0.3 is 5.32 Å². The molecule has 1 unspecified atom stereocenters. The van der Waals surface area contributed by atoms with Gasteiger partial charge >= 0.3 is 0 Å². The Morgan fingerprint density at radius 1 is 1.25 bits per heavy atom. The molecule has 1 N–H and O–H groups in total. The molecule has 0 fully saturated rings. The quantitative estimate of drug-likeness (QED) is 0.800. The average Bonchev–Trinajstić information content (AvgIpc) is 2.41. The van der Waals surface area contributed by atoms with Crippen LogP contribution in [0.1, 0.15) is 22.8 Å². The predicted molar refractivity (Wildman–Crippen MR) is 86.2 cm³/mol. The van der Waals surface area contributed by atoms with Gasteiger partial charge in [-0.3, -0.25) is 4.79 Å². The molecular formula is C16H15FINO. The van der Waals surface area contributed by atoms with E-state index >= 15 is 0 Å². The number of benzene rings is 2. The van der Waals surface area contributed by atoms with Crippen molar-refractivity contribution in [2.24, 2.45) is 0 Å². The zero-order chi connectivity index (χ0) is 14.5. The highest BCUT2D eigenvalue weighted by molar-refractivity contribution is 14.1. The number of hydrogen-bond donors (Lipinski definition) is 1. The van der Waals surface area contributed by atoms with Gasteiger partial charge in [0.15, 0.2) is 0 Å². The van der Waals surface area contributed by atoms with Gasteiger partial charge in [0.25, 0.3) is 5.91 Å². The van der Waals surface area contributed by atoms with Gasteiger partial charge in [-0.15, -0.1) is 0 Å². The lowest BCUT2D eigenvalue weighted by atomic mass is 10.1. The molecule has 2 aromatic carbocycles. The van der Waals surface area contributed by atoms with E-state index in [1.165, 1.54) is 12.1 Å². The van der Waals surface area contributed by atoms with Crippen LogP contribution in [0.25, 0.3) is 0 Å². The smallest absolute Gasteiger partial charge is 0.251 e. The summed E-state index contributed by atoms with van der Waals surface area (Å²) in [5.41, 5.74) is 1.66. The summed E-state index contributed by atoms with van der Waals surface area (Å²) in [6.45, 7) is 1.94. The fraction of sp³-hybridized carbons (Fsp3) is 0.188. The second kappa shape index (κ2) is 6.83. The Kier molecular flexibility index (Phi) is 5.11. The number of halogens is 2. The summed E-state index contributed by atoms with van der Waals surface area (Å²) in [4.78, 5) is 12.1. The van der Waals surface area contributed by atoms with Crippen LogP contribution in [0.3, 0.4) is 0 Å². The molecule has 0 aliphatic carbocycles. The Balaban J connectivity index is 1.95. The molecule has 2 nitrogen and oxygen atoms in total. The zero-order valence-electron chi connectivity index (χ0n) is 11.1. The van der Waals surface area contributed by atoms with Crippen LogP contribution >= 0.6 is 22.6 Å². The van der Waals surface area contributed by atoms with Crippen molar-refractivity contribution in [1.29, 1.82) is 0 Å². The van der Waals surface area contributed by atoms with Crippen LogP contribution in [-0.2, 0) is 6.42 Å². The van der Waals surface area contributed by atoms with Crippen molar-refractivity contribution in [3.8, 4) is 0 Å². The molecular weight excluding hydrogens is 368 g/mol. The molecule has 2 rings (SSSR count). The van der Waals surface area contributed by atoms with Gasteiger partial charge in [-0.05, 0) is 71.8 Å². The predicted octanol–water partition coefficient (Wildman–Crippen LogP) is 3.79. The minimum atomic E-state index is -0.246. The zero-order valence-corrected chi connectivity index (χ0v) is 13.2. The molecule has 104 valence electrons. The lowest BCUT2D eigenvalue weighted by Crippen LogP contribution is -2.34. The molecule has 1 amide bonds. The second-order valence-electron chi connectivity index (χ2n) is 4.72. The van der Waals surface area contributed by atoms with Crippen molar-refractivity contribution in [3.63, 3.8) is 0 Å². The Bertz CT molecular complexity index is 598. The molecule has 1 atom stereocenters. The lowest BCUT2D eigenvalue weighted by molar-refractivity contribution is 0.0940. The molecule has 0 aromatic heterocycles. The van der Waals surface area contributed by atoms with Crippen LogP contribution < -0.4 is 5.32 Å². The van der Waals surface area contributed by atoms with E-state index in [4.69, 9.17) is 0 Å². The molecule has 0 heterocycles. The molecule has 0 saturated heterocycles. The molecule has 2 aromatic rings. The van der Waals surface area contributed by atoms with Crippen LogP contribution in [0.4, 0.5) is 4.39 Å². The summed E-state index contributed by atoms with van der Waals surface area (Å²) in [6.07, 6.45) is 0.677. The number of hydrogen-bond acceptors (Lipinski definition) is 1. The molecule has 0 spiro atoms. The first-order chi connectivity index (χ1) is 9.54. The van der Waals surface area contributed by atoms with E-state index in [0.29, 0.717) is 12.0 Å². The van der Waals surface area contributed by atoms with Gasteiger partial charge in [0.1, 0.15) is 5.82 Å². The highest BCUT2D eigenvalue weighted by Crippen LogP contribution is 2.09. The van der Waals surface area contributed by atoms with Gasteiger partial charge in [-0.1, -0.05) is 18.2 Å². The maximum absolute atomic E-state index is 12.8. The normalized spacial score (nSPS) is 11.9. The van der Waals surface area contributed by atoms with Gasteiger partial charge in [0.2, 0.25) is 0 Å². The lowest BCUT2D eigenvalue weighted by Gasteiger charge is -2.14. The maximum Gasteiger partial charge on any atom is 0.251 e. The first-order valence-electron chi connectivity index (χ1n) is 6.35. The van der Waals surface area contributed by atoms with E-state index in [0.717, 1.165) is 9.13 Å². The van der Waals surface area contributed by atoms with E-state index in [1.54, 1.807) is 18.2 Å².